The van der Waals surface area contributed by atoms with Crippen molar-refractivity contribution in [1.29, 1.82) is 0 Å². The van der Waals surface area contributed by atoms with Crippen LogP contribution in [0.4, 0.5) is 8.78 Å². The van der Waals surface area contributed by atoms with E-state index in [1.54, 1.807) is 0 Å². The first-order valence-electron chi connectivity index (χ1n) is 6.26. The van der Waals surface area contributed by atoms with Gasteiger partial charge in [0, 0.05) is 5.56 Å². The molecule has 1 atom stereocenters. The summed E-state index contributed by atoms with van der Waals surface area (Å²) in [4.78, 5) is 22.7. The predicted molar refractivity (Wildman–Crippen MR) is 69.1 cm³/mol. The number of aliphatic carboxylic acids is 1. The summed E-state index contributed by atoms with van der Waals surface area (Å²) < 4.78 is 26.8. The van der Waals surface area contributed by atoms with Crippen LogP contribution in [0, 0.1) is 17.6 Å². The van der Waals surface area contributed by atoms with E-state index in [1.807, 2.05) is 13.8 Å². The van der Waals surface area contributed by atoms with E-state index < -0.39 is 36.0 Å². The molecule has 6 heteroatoms. The van der Waals surface area contributed by atoms with Gasteiger partial charge in [-0.15, -0.1) is 0 Å². The number of amides is 1. The lowest BCUT2D eigenvalue weighted by Crippen LogP contribution is -2.42. The zero-order valence-corrected chi connectivity index (χ0v) is 11.3. The van der Waals surface area contributed by atoms with E-state index in [4.69, 9.17) is 5.11 Å². The highest BCUT2D eigenvalue weighted by Gasteiger charge is 2.22. The molecule has 0 unspecified atom stereocenters. The molecule has 0 bridgehead atoms. The zero-order chi connectivity index (χ0) is 15.3. The van der Waals surface area contributed by atoms with Crippen molar-refractivity contribution in [3.63, 3.8) is 0 Å². The third-order valence-electron chi connectivity index (χ3n) is 2.74. The van der Waals surface area contributed by atoms with Gasteiger partial charge >= 0.3 is 5.97 Å². The van der Waals surface area contributed by atoms with Gasteiger partial charge in [0.05, 0.1) is 6.42 Å². The maximum Gasteiger partial charge on any atom is 0.326 e. The van der Waals surface area contributed by atoms with Crippen LogP contribution >= 0.6 is 0 Å². The summed E-state index contributed by atoms with van der Waals surface area (Å²) >= 11 is 0. The summed E-state index contributed by atoms with van der Waals surface area (Å²) in [6.45, 7) is 3.64. The SMILES string of the molecule is CC(C)C[C@H](NC(=O)Cc1c(F)cccc1F)C(=O)O. The molecule has 0 aromatic heterocycles. The first-order chi connectivity index (χ1) is 9.31. The number of rotatable bonds is 6. The van der Waals surface area contributed by atoms with Gasteiger partial charge in [-0.3, -0.25) is 4.79 Å². The van der Waals surface area contributed by atoms with Crippen molar-refractivity contribution in [2.75, 3.05) is 0 Å². The fourth-order valence-corrected chi connectivity index (χ4v) is 1.80. The molecular formula is C14H17F2NO3. The second-order valence-corrected chi connectivity index (χ2v) is 4.96. The Morgan fingerprint density at radius 2 is 1.80 bits per heavy atom. The molecule has 1 rings (SSSR count). The van der Waals surface area contributed by atoms with Crippen molar-refractivity contribution in [1.82, 2.24) is 5.32 Å². The monoisotopic (exact) mass is 285 g/mol. The molecule has 110 valence electrons. The third-order valence-corrected chi connectivity index (χ3v) is 2.74. The van der Waals surface area contributed by atoms with Crippen molar-refractivity contribution in [3.05, 3.63) is 35.4 Å². The minimum absolute atomic E-state index is 0.0709. The smallest absolute Gasteiger partial charge is 0.326 e. The average Bonchev–Trinajstić information content (AvgIpc) is 2.32. The summed E-state index contributed by atoms with van der Waals surface area (Å²) in [5.41, 5.74) is -0.362. The minimum atomic E-state index is -1.17. The van der Waals surface area contributed by atoms with E-state index in [2.05, 4.69) is 5.32 Å². The molecule has 1 amide bonds. The van der Waals surface area contributed by atoms with E-state index in [1.165, 1.54) is 6.07 Å². The lowest BCUT2D eigenvalue weighted by atomic mass is 10.0. The molecular weight excluding hydrogens is 268 g/mol. The summed E-state index contributed by atoms with van der Waals surface area (Å²) in [5.74, 6) is -3.46. The second-order valence-electron chi connectivity index (χ2n) is 4.96. The normalized spacial score (nSPS) is 12.2. The van der Waals surface area contributed by atoms with Gasteiger partial charge < -0.3 is 10.4 Å². The summed E-state index contributed by atoms with van der Waals surface area (Å²) in [6, 6.07) is 2.24. The Balaban J connectivity index is 2.73. The number of carbonyl (C=O) groups is 2. The van der Waals surface area contributed by atoms with E-state index >= 15 is 0 Å². The maximum absolute atomic E-state index is 13.4. The molecule has 0 aliphatic carbocycles. The van der Waals surface area contributed by atoms with E-state index in [0.717, 1.165) is 12.1 Å². The third kappa shape index (κ3) is 4.60. The Morgan fingerprint density at radius 3 is 2.25 bits per heavy atom. The van der Waals surface area contributed by atoms with Crippen LogP contribution in [0.25, 0.3) is 0 Å². The van der Waals surface area contributed by atoms with Crippen LogP contribution in [0.1, 0.15) is 25.8 Å². The Morgan fingerprint density at radius 1 is 1.25 bits per heavy atom. The molecule has 4 nitrogen and oxygen atoms in total. The summed E-state index contributed by atoms with van der Waals surface area (Å²) in [5, 5.41) is 11.3. The summed E-state index contributed by atoms with van der Waals surface area (Å²) in [6.07, 6.45) is -0.277. The quantitative estimate of drug-likeness (QED) is 0.841. The van der Waals surface area contributed by atoms with Crippen molar-refractivity contribution < 1.29 is 23.5 Å². The lowest BCUT2D eigenvalue weighted by Gasteiger charge is -2.16. The first kappa shape index (κ1) is 16.1. The number of nitrogens with one attached hydrogen (secondary N) is 1. The average molecular weight is 285 g/mol. The van der Waals surface area contributed by atoms with Crippen molar-refractivity contribution >= 4 is 11.9 Å². The minimum Gasteiger partial charge on any atom is -0.480 e. The van der Waals surface area contributed by atoms with Gasteiger partial charge in [0.25, 0.3) is 0 Å². The molecule has 1 aromatic rings. The molecule has 0 saturated heterocycles. The Bertz CT molecular complexity index is 483. The van der Waals surface area contributed by atoms with Crippen molar-refractivity contribution in [2.24, 2.45) is 5.92 Å². The summed E-state index contributed by atoms with van der Waals surface area (Å²) in [7, 11) is 0. The fourth-order valence-electron chi connectivity index (χ4n) is 1.80. The first-order valence-corrected chi connectivity index (χ1v) is 6.26. The van der Waals surface area contributed by atoms with Gasteiger partial charge in [-0.25, -0.2) is 13.6 Å². The van der Waals surface area contributed by atoms with Crippen molar-refractivity contribution in [2.45, 2.75) is 32.7 Å². The Kier molecular flexibility index (Phi) is 5.61. The second kappa shape index (κ2) is 6.98. The van der Waals surface area contributed by atoms with Crippen LogP contribution in [0.5, 0.6) is 0 Å². The van der Waals surface area contributed by atoms with Crippen LogP contribution in [0.2, 0.25) is 0 Å². The van der Waals surface area contributed by atoms with E-state index in [-0.39, 0.29) is 17.9 Å². The standard InChI is InChI=1S/C14H17F2NO3/c1-8(2)6-12(14(19)20)17-13(18)7-9-10(15)4-3-5-11(9)16/h3-5,8,12H,6-7H2,1-2H3,(H,17,18)(H,19,20)/t12-/m0/s1. The zero-order valence-electron chi connectivity index (χ0n) is 11.3. The number of carbonyl (C=O) groups excluding carboxylic acids is 1. The molecule has 1 aromatic carbocycles. The highest BCUT2D eigenvalue weighted by atomic mass is 19.1. The Hall–Kier alpha value is -1.98. The molecule has 0 aliphatic heterocycles. The van der Waals surface area contributed by atoms with Gasteiger partial charge in [-0.1, -0.05) is 19.9 Å². The van der Waals surface area contributed by atoms with Gasteiger partial charge in [0.15, 0.2) is 0 Å². The molecule has 0 spiro atoms. The van der Waals surface area contributed by atoms with Crippen LogP contribution < -0.4 is 5.32 Å². The van der Waals surface area contributed by atoms with Gasteiger partial charge in [-0.2, -0.15) is 0 Å². The van der Waals surface area contributed by atoms with Gasteiger partial charge in [-0.05, 0) is 24.5 Å². The van der Waals surface area contributed by atoms with E-state index in [0.29, 0.717) is 0 Å². The molecule has 2 N–H and O–H groups in total. The van der Waals surface area contributed by atoms with E-state index in [9.17, 15) is 18.4 Å². The predicted octanol–water partition coefficient (Wildman–Crippen LogP) is 2.12. The number of hydrogen-bond donors (Lipinski definition) is 2. The fraction of sp³-hybridized carbons (Fsp3) is 0.429. The molecule has 0 aliphatic rings. The number of hydrogen-bond acceptors (Lipinski definition) is 2. The van der Waals surface area contributed by atoms with Gasteiger partial charge in [0.1, 0.15) is 17.7 Å². The number of carboxylic acids is 1. The van der Waals surface area contributed by atoms with Crippen LogP contribution in [-0.4, -0.2) is 23.0 Å². The highest BCUT2D eigenvalue weighted by Crippen LogP contribution is 2.13. The largest absolute Gasteiger partial charge is 0.480 e. The van der Waals surface area contributed by atoms with Crippen LogP contribution in [0.3, 0.4) is 0 Å². The number of halogens is 2. The topological polar surface area (TPSA) is 66.4 Å². The van der Waals surface area contributed by atoms with Crippen LogP contribution in [-0.2, 0) is 16.0 Å². The molecule has 0 radical (unpaired) electrons. The molecule has 0 fully saturated rings. The van der Waals surface area contributed by atoms with Crippen molar-refractivity contribution in [3.8, 4) is 0 Å². The molecule has 0 heterocycles. The Labute approximate surface area is 115 Å². The molecule has 20 heavy (non-hydrogen) atoms. The number of carboxylic acid groups (broad SMARTS) is 1. The number of benzene rings is 1. The van der Waals surface area contributed by atoms with Gasteiger partial charge in [0.2, 0.25) is 5.91 Å². The van der Waals surface area contributed by atoms with Crippen LogP contribution in [0.15, 0.2) is 18.2 Å². The highest BCUT2D eigenvalue weighted by molar-refractivity contribution is 5.84. The maximum atomic E-state index is 13.4. The molecule has 0 saturated carbocycles. The lowest BCUT2D eigenvalue weighted by molar-refractivity contribution is -0.142.